The average Bonchev–Trinajstić information content (AvgIpc) is 2.98. The van der Waals surface area contributed by atoms with Gasteiger partial charge in [0.1, 0.15) is 5.82 Å². The number of carboxylic acid groups (broad SMARTS) is 1. The van der Waals surface area contributed by atoms with Gasteiger partial charge in [0.15, 0.2) is 0 Å². The lowest BCUT2D eigenvalue weighted by Crippen LogP contribution is -2.06. The third-order valence-corrected chi connectivity index (χ3v) is 7.28. The summed E-state index contributed by atoms with van der Waals surface area (Å²) in [5.74, 6) is -1.05. The van der Waals surface area contributed by atoms with Crippen LogP contribution in [0.4, 0.5) is 4.39 Å². The minimum Gasteiger partial charge on any atom is -0.478 e. The predicted molar refractivity (Wildman–Crippen MR) is 148 cm³/mol. The van der Waals surface area contributed by atoms with E-state index in [1.807, 2.05) is 24.3 Å². The van der Waals surface area contributed by atoms with Gasteiger partial charge in [0.25, 0.3) is 0 Å². The zero-order valence-corrected chi connectivity index (χ0v) is 21.6. The number of carboxylic acids is 1. The molecular weight excluding hydrogens is 471 g/mol. The Morgan fingerprint density at radius 1 is 1.11 bits per heavy atom. The van der Waals surface area contributed by atoms with E-state index in [1.54, 1.807) is 12.1 Å². The normalized spacial score (nSPS) is 16.5. The summed E-state index contributed by atoms with van der Waals surface area (Å²) in [4.78, 5) is 11.0. The summed E-state index contributed by atoms with van der Waals surface area (Å²) < 4.78 is 14.0. The van der Waals surface area contributed by atoms with E-state index in [9.17, 15) is 9.18 Å². The Hall–Kier alpha value is -3.43. The van der Waals surface area contributed by atoms with Crippen LogP contribution in [0.5, 0.6) is 0 Å². The van der Waals surface area contributed by atoms with Gasteiger partial charge >= 0.3 is 5.97 Å². The van der Waals surface area contributed by atoms with Gasteiger partial charge in [0.05, 0.1) is 5.02 Å². The maximum atomic E-state index is 14.0. The molecule has 1 atom stereocenters. The number of aryl methyl sites for hydroxylation is 1. The summed E-state index contributed by atoms with van der Waals surface area (Å²) in [5, 5.41) is 9.38. The molecule has 184 valence electrons. The number of halogens is 2. The minimum absolute atomic E-state index is 0.291. The van der Waals surface area contributed by atoms with Crippen molar-refractivity contribution in [3.63, 3.8) is 0 Å². The van der Waals surface area contributed by atoms with Crippen LogP contribution in [-0.2, 0) is 11.2 Å². The van der Waals surface area contributed by atoms with Gasteiger partial charge in [0.2, 0.25) is 0 Å². The molecular formula is C32H30ClFO2. The first-order chi connectivity index (χ1) is 17.3. The quantitative estimate of drug-likeness (QED) is 0.271. The highest BCUT2D eigenvalue weighted by Crippen LogP contribution is 2.45. The fourth-order valence-electron chi connectivity index (χ4n) is 5.23. The van der Waals surface area contributed by atoms with E-state index in [4.69, 9.17) is 16.7 Å². The van der Waals surface area contributed by atoms with Crippen LogP contribution in [0.25, 0.3) is 22.8 Å². The molecule has 0 amide bonds. The van der Waals surface area contributed by atoms with Crippen molar-refractivity contribution in [1.29, 1.82) is 0 Å². The molecule has 1 unspecified atom stereocenters. The Balaban J connectivity index is 2.02. The highest BCUT2D eigenvalue weighted by Gasteiger charge is 2.26. The second-order valence-corrected chi connectivity index (χ2v) is 9.67. The van der Waals surface area contributed by atoms with Crippen LogP contribution in [0.1, 0.15) is 61.4 Å². The number of hydrogen-bond donors (Lipinski definition) is 1. The Kier molecular flexibility index (Phi) is 7.91. The van der Waals surface area contributed by atoms with Gasteiger partial charge in [-0.2, -0.15) is 0 Å². The molecule has 1 aliphatic carbocycles. The molecule has 0 heterocycles. The largest absolute Gasteiger partial charge is 0.478 e. The highest BCUT2D eigenvalue weighted by molar-refractivity contribution is 6.32. The van der Waals surface area contributed by atoms with E-state index in [0.29, 0.717) is 17.4 Å². The Labute approximate surface area is 217 Å². The number of fused-ring (bicyclic) bond motifs is 1. The van der Waals surface area contributed by atoms with E-state index in [-0.39, 0.29) is 5.82 Å². The molecule has 3 aromatic carbocycles. The van der Waals surface area contributed by atoms with Crippen molar-refractivity contribution < 1.29 is 14.3 Å². The first kappa shape index (κ1) is 25.7. The SMILES string of the molecule is CC/C(=C(\C1=C(C)c2ccccc2CCC1C)c1ccc(/C=C/C(=O)O)cc1)c1ccc(F)cc1Cl. The fraction of sp³-hybridized carbons (Fsp3) is 0.219. The summed E-state index contributed by atoms with van der Waals surface area (Å²) in [5.41, 5.74) is 9.96. The van der Waals surface area contributed by atoms with Gasteiger partial charge in [-0.05, 0) is 100 Å². The molecule has 0 saturated carbocycles. The second kappa shape index (κ2) is 11.1. The summed E-state index contributed by atoms with van der Waals surface area (Å²) in [6.45, 7) is 6.57. The zero-order chi connectivity index (χ0) is 25.8. The number of allylic oxidation sites excluding steroid dienone is 4. The first-order valence-electron chi connectivity index (χ1n) is 12.3. The van der Waals surface area contributed by atoms with Gasteiger partial charge < -0.3 is 5.11 Å². The molecule has 1 N–H and O–H groups in total. The van der Waals surface area contributed by atoms with E-state index in [0.717, 1.165) is 46.8 Å². The summed E-state index contributed by atoms with van der Waals surface area (Å²) in [6, 6.07) is 21.1. The molecule has 0 aromatic heterocycles. The molecule has 4 heteroatoms. The molecule has 0 spiro atoms. The third-order valence-electron chi connectivity index (χ3n) is 6.96. The van der Waals surface area contributed by atoms with Gasteiger partial charge in [-0.3, -0.25) is 0 Å². The molecule has 3 aromatic rings. The summed E-state index contributed by atoms with van der Waals surface area (Å²) >= 11 is 6.60. The van der Waals surface area contributed by atoms with Crippen molar-refractivity contribution in [2.45, 2.75) is 40.0 Å². The maximum absolute atomic E-state index is 14.0. The predicted octanol–water partition coefficient (Wildman–Crippen LogP) is 8.95. The van der Waals surface area contributed by atoms with Gasteiger partial charge in [0, 0.05) is 6.08 Å². The molecule has 2 nitrogen and oxygen atoms in total. The lowest BCUT2D eigenvalue weighted by molar-refractivity contribution is -0.131. The number of rotatable bonds is 6. The van der Waals surface area contributed by atoms with Crippen LogP contribution in [0.15, 0.2) is 78.4 Å². The minimum atomic E-state index is -0.981. The molecule has 0 radical (unpaired) electrons. The highest BCUT2D eigenvalue weighted by atomic mass is 35.5. The number of aliphatic carboxylic acids is 1. The van der Waals surface area contributed by atoms with Crippen LogP contribution in [0.2, 0.25) is 5.02 Å². The van der Waals surface area contributed by atoms with Crippen LogP contribution in [0.3, 0.4) is 0 Å². The van der Waals surface area contributed by atoms with E-state index < -0.39 is 5.97 Å². The fourth-order valence-corrected chi connectivity index (χ4v) is 5.51. The van der Waals surface area contributed by atoms with Crippen LogP contribution < -0.4 is 0 Å². The number of carbonyl (C=O) groups is 1. The van der Waals surface area contributed by atoms with E-state index >= 15 is 0 Å². The summed E-state index contributed by atoms with van der Waals surface area (Å²) in [7, 11) is 0. The second-order valence-electron chi connectivity index (χ2n) is 9.26. The lowest BCUT2D eigenvalue weighted by Gasteiger charge is -2.25. The van der Waals surface area contributed by atoms with Crippen molar-refractivity contribution >= 4 is 40.4 Å². The van der Waals surface area contributed by atoms with Crippen LogP contribution in [-0.4, -0.2) is 11.1 Å². The van der Waals surface area contributed by atoms with E-state index in [2.05, 4.69) is 45.0 Å². The Morgan fingerprint density at radius 2 is 1.83 bits per heavy atom. The smallest absolute Gasteiger partial charge is 0.328 e. The zero-order valence-electron chi connectivity index (χ0n) is 20.8. The molecule has 0 saturated heterocycles. The molecule has 1 aliphatic rings. The Bertz CT molecular complexity index is 1380. The third kappa shape index (κ3) is 5.37. The first-order valence-corrected chi connectivity index (χ1v) is 12.7. The van der Waals surface area contributed by atoms with Gasteiger partial charge in [-0.25, -0.2) is 9.18 Å². The molecule has 0 fully saturated rings. The number of hydrogen-bond acceptors (Lipinski definition) is 1. The maximum Gasteiger partial charge on any atom is 0.328 e. The number of benzene rings is 3. The molecule has 0 aliphatic heterocycles. The van der Waals surface area contributed by atoms with Gasteiger partial charge in [-0.1, -0.05) is 80.0 Å². The van der Waals surface area contributed by atoms with Crippen LogP contribution in [0, 0.1) is 11.7 Å². The van der Waals surface area contributed by atoms with E-state index in [1.165, 1.54) is 34.4 Å². The molecule has 0 bridgehead atoms. The summed E-state index contributed by atoms with van der Waals surface area (Å²) in [6.07, 6.45) is 5.46. The van der Waals surface area contributed by atoms with Crippen molar-refractivity contribution in [3.8, 4) is 0 Å². The standard InChI is InChI=1S/C32H30ClFO2/c1-4-26(28-17-16-25(34)19-29(28)33)32(24-14-10-22(11-15-24)12-18-30(35)36)31-20(2)9-13-23-7-5-6-8-27(23)21(31)3/h5-8,10-12,14-20H,4,9,13H2,1-3H3,(H,35,36)/b18-12+,32-26+. The van der Waals surface area contributed by atoms with Gasteiger partial charge in [-0.15, -0.1) is 0 Å². The average molecular weight is 501 g/mol. The van der Waals surface area contributed by atoms with Crippen LogP contribution >= 0.6 is 11.6 Å². The van der Waals surface area contributed by atoms with Crippen molar-refractivity contribution in [1.82, 2.24) is 0 Å². The monoisotopic (exact) mass is 500 g/mol. The molecule has 4 rings (SSSR count). The van der Waals surface area contributed by atoms with Crippen molar-refractivity contribution in [2.75, 3.05) is 0 Å². The van der Waals surface area contributed by atoms with Crippen molar-refractivity contribution in [2.24, 2.45) is 5.92 Å². The molecule has 36 heavy (non-hydrogen) atoms. The van der Waals surface area contributed by atoms with Crippen molar-refractivity contribution in [3.05, 3.63) is 117 Å². The lowest BCUT2D eigenvalue weighted by atomic mass is 9.79. The Morgan fingerprint density at radius 3 is 2.50 bits per heavy atom. The topological polar surface area (TPSA) is 37.3 Å².